The number of rotatable bonds is 3. The van der Waals surface area contributed by atoms with Gasteiger partial charge in [0, 0.05) is 19.6 Å². The molecule has 1 aromatic heterocycles. The fourth-order valence-corrected chi connectivity index (χ4v) is 2.40. The Labute approximate surface area is 91.1 Å². The second-order valence-corrected chi connectivity index (χ2v) is 4.48. The van der Waals surface area contributed by atoms with Gasteiger partial charge in [-0.05, 0) is 24.3 Å². The lowest BCUT2D eigenvalue weighted by molar-refractivity contribution is -0.380. The predicted molar refractivity (Wildman–Crippen MR) is 58.4 cm³/mol. The number of anilines is 1. The summed E-state index contributed by atoms with van der Waals surface area (Å²) in [4.78, 5) is 16.2. The molecule has 82 valence electrons. The number of aromatic nitrogens is 1. The summed E-state index contributed by atoms with van der Waals surface area (Å²) in [6.45, 7) is 1.92. The highest BCUT2D eigenvalue weighted by Gasteiger charge is 2.23. The van der Waals surface area contributed by atoms with E-state index >= 15 is 0 Å². The lowest BCUT2D eigenvalue weighted by Gasteiger charge is -2.22. The monoisotopic (exact) mass is 228 g/mol. The maximum absolute atomic E-state index is 10.5. The first-order valence-electron chi connectivity index (χ1n) is 4.72. The summed E-state index contributed by atoms with van der Waals surface area (Å²) in [5, 5.41) is 14.6. The van der Waals surface area contributed by atoms with Crippen LogP contribution in [0.15, 0.2) is 6.20 Å². The third-order valence-electron chi connectivity index (χ3n) is 2.54. The first kappa shape index (κ1) is 10.3. The molecule has 0 saturated carbocycles. The number of nitrogens with zero attached hydrogens (tertiary/aromatic N) is 3. The van der Waals surface area contributed by atoms with Crippen molar-refractivity contribution in [2.24, 2.45) is 0 Å². The summed E-state index contributed by atoms with van der Waals surface area (Å²) >= 11 is 1.12. The van der Waals surface area contributed by atoms with Gasteiger partial charge in [-0.2, -0.15) is 0 Å². The van der Waals surface area contributed by atoms with Gasteiger partial charge in [0.25, 0.3) is 0 Å². The maximum atomic E-state index is 10.5. The third-order valence-corrected chi connectivity index (χ3v) is 3.58. The Bertz CT molecular complexity index is 361. The van der Waals surface area contributed by atoms with E-state index in [0.717, 1.165) is 36.0 Å². The van der Waals surface area contributed by atoms with E-state index < -0.39 is 4.92 Å². The molecule has 1 aromatic rings. The Kier molecular flexibility index (Phi) is 2.83. The van der Waals surface area contributed by atoms with Crippen LogP contribution >= 0.6 is 11.3 Å². The molecule has 1 aliphatic heterocycles. The second kappa shape index (κ2) is 4.11. The molecule has 0 radical (unpaired) electrons. The zero-order valence-electron chi connectivity index (χ0n) is 8.34. The molecule has 0 aliphatic carbocycles. The van der Waals surface area contributed by atoms with Crippen molar-refractivity contribution in [1.29, 1.82) is 0 Å². The highest BCUT2D eigenvalue weighted by atomic mass is 32.1. The fraction of sp³-hybridized carbons (Fsp3) is 0.625. The van der Waals surface area contributed by atoms with E-state index in [0.29, 0.717) is 6.04 Å². The van der Waals surface area contributed by atoms with Crippen LogP contribution in [-0.2, 0) is 0 Å². The number of likely N-dealkylation sites (N-methyl/N-ethyl adjacent to an activating group) is 1. The van der Waals surface area contributed by atoms with Crippen molar-refractivity contribution in [2.75, 3.05) is 25.0 Å². The van der Waals surface area contributed by atoms with Crippen molar-refractivity contribution in [3.8, 4) is 0 Å². The lowest BCUT2D eigenvalue weighted by Crippen LogP contribution is -2.33. The van der Waals surface area contributed by atoms with E-state index in [2.05, 4.69) is 10.3 Å². The van der Waals surface area contributed by atoms with E-state index in [9.17, 15) is 10.1 Å². The topological polar surface area (TPSA) is 71.3 Å². The van der Waals surface area contributed by atoms with Gasteiger partial charge in [0.05, 0.1) is 4.92 Å². The van der Waals surface area contributed by atoms with Crippen LogP contribution in [0.4, 0.5) is 10.1 Å². The van der Waals surface area contributed by atoms with E-state index in [1.807, 2.05) is 11.9 Å². The Morgan fingerprint density at radius 1 is 1.80 bits per heavy atom. The van der Waals surface area contributed by atoms with Gasteiger partial charge in [-0.25, -0.2) is 4.98 Å². The number of hydrogen-bond donors (Lipinski definition) is 1. The Morgan fingerprint density at radius 3 is 3.13 bits per heavy atom. The normalized spacial score (nSPS) is 20.5. The molecule has 0 bridgehead atoms. The van der Waals surface area contributed by atoms with E-state index in [1.54, 1.807) is 0 Å². The zero-order valence-corrected chi connectivity index (χ0v) is 9.16. The zero-order chi connectivity index (χ0) is 10.8. The van der Waals surface area contributed by atoms with Crippen LogP contribution < -0.4 is 10.2 Å². The van der Waals surface area contributed by atoms with Crippen LogP contribution in [0.5, 0.6) is 0 Å². The van der Waals surface area contributed by atoms with E-state index in [1.165, 1.54) is 6.20 Å². The summed E-state index contributed by atoms with van der Waals surface area (Å²) in [5.41, 5.74) is 0. The molecule has 0 spiro atoms. The third kappa shape index (κ3) is 2.07. The lowest BCUT2D eigenvalue weighted by atomic mass is 10.2. The van der Waals surface area contributed by atoms with Crippen LogP contribution in [0, 0.1) is 10.1 Å². The largest absolute Gasteiger partial charge is 0.347 e. The minimum absolute atomic E-state index is 0.0998. The molecule has 1 aliphatic rings. The average Bonchev–Trinajstić information content (AvgIpc) is 2.88. The first-order chi connectivity index (χ1) is 7.18. The van der Waals surface area contributed by atoms with Gasteiger partial charge in [0.1, 0.15) is 6.20 Å². The highest BCUT2D eigenvalue weighted by molar-refractivity contribution is 7.18. The molecule has 1 saturated heterocycles. The summed E-state index contributed by atoms with van der Waals surface area (Å²) < 4.78 is 0. The highest BCUT2D eigenvalue weighted by Crippen LogP contribution is 2.29. The number of hydrogen-bond acceptors (Lipinski definition) is 6. The standard InChI is InChI=1S/C8H12N4O2S/c1-11(6-2-3-9-4-6)8-10-5-7(15-8)12(13)14/h5-6,9H,2-4H2,1H3. The van der Waals surface area contributed by atoms with Crippen LogP contribution in [0.25, 0.3) is 0 Å². The molecular weight excluding hydrogens is 216 g/mol. The van der Waals surface area contributed by atoms with Crippen molar-refractivity contribution in [3.63, 3.8) is 0 Å². The molecule has 0 aromatic carbocycles. The quantitative estimate of drug-likeness (QED) is 0.613. The maximum Gasteiger partial charge on any atom is 0.345 e. The van der Waals surface area contributed by atoms with Crippen LogP contribution in [0.1, 0.15) is 6.42 Å². The smallest absolute Gasteiger partial charge is 0.345 e. The molecule has 2 rings (SSSR count). The molecule has 15 heavy (non-hydrogen) atoms. The summed E-state index contributed by atoms with van der Waals surface area (Å²) in [7, 11) is 1.93. The van der Waals surface area contributed by atoms with Crippen LogP contribution in [0.2, 0.25) is 0 Å². The van der Waals surface area contributed by atoms with Crippen molar-refractivity contribution in [2.45, 2.75) is 12.5 Å². The molecule has 7 heteroatoms. The van der Waals surface area contributed by atoms with Crippen molar-refractivity contribution in [1.82, 2.24) is 10.3 Å². The van der Waals surface area contributed by atoms with E-state index in [-0.39, 0.29) is 5.00 Å². The van der Waals surface area contributed by atoms with Gasteiger partial charge in [-0.3, -0.25) is 10.1 Å². The predicted octanol–water partition coefficient (Wildman–Crippen LogP) is 0.849. The van der Waals surface area contributed by atoms with Crippen LogP contribution in [0.3, 0.4) is 0 Å². The first-order valence-corrected chi connectivity index (χ1v) is 5.54. The van der Waals surface area contributed by atoms with Gasteiger partial charge in [-0.15, -0.1) is 0 Å². The van der Waals surface area contributed by atoms with Crippen molar-refractivity contribution in [3.05, 3.63) is 16.3 Å². The van der Waals surface area contributed by atoms with Gasteiger partial charge in [-0.1, -0.05) is 0 Å². The summed E-state index contributed by atoms with van der Waals surface area (Å²) in [5.74, 6) is 0. The molecule has 1 unspecified atom stereocenters. The van der Waals surface area contributed by atoms with Crippen molar-refractivity contribution >= 4 is 21.5 Å². The molecule has 0 amide bonds. The summed E-state index contributed by atoms with van der Waals surface area (Å²) in [6.07, 6.45) is 2.38. The number of thiazole rings is 1. The van der Waals surface area contributed by atoms with Gasteiger partial charge in [0.15, 0.2) is 5.13 Å². The van der Waals surface area contributed by atoms with Crippen molar-refractivity contribution < 1.29 is 4.92 Å². The molecule has 2 heterocycles. The molecule has 1 N–H and O–H groups in total. The molecule has 6 nitrogen and oxygen atoms in total. The second-order valence-electron chi connectivity index (χ2n) is 3.50. The SMILES string of the molecule is CN(c1ncc([N+](=O)[O-])s1)C1CCNC1. The Balaban J connectivity index is 2.10. The molecule has 1 atom stereocenters. The van der Waals surface area contributed by atoms with Gasteiger partial charge in [0.2, 0.25) is 0 Å². The van der Waals surface area contributed by atoms with Crippen LogP contribution in [-0.4, -0.2) is 36.1 Å². The summed E-state index contributed by atoms with van der Waals surface area (Å²) in [6, 6.07) is 0.399. The molecular formula is C8H12N4O2S. The Hall–Kier alpha value is -1.21. The number of nitrogens with one attached hydrogen (secondary N) is 1. The van der Waals surface area contributed by atoms with Gasteiger partial charge < -0.3 is 10.2 Å². The molecule has 1 fully saturated rings. The van der Waals surface area contributed by atoms with Gasteiger partial charge >= 0.3 is 5.00 Å². The minimum Gasteiger partial charge on any atom is -0.347 e. The Morgan fingerprint density at radius 2 is 2.60 bits per heavy atom. The minimum atomic E-state index is -0.401. The average molecular weight is 228 g/mol. The van der Waals surface area contributed by atoms with E-state index in [4.69, 9.17) is 0 Å². The fourth-order valence-electron chi connectivity index (χ4n) is 1.63. The number of nitro groups is 1.